The molecule has 0 spiro atoms. The molecule has 1 aliphatic heterocycles. The Balaban J connectivity index is 1.50. The Bertz CT molecular complexity index is 1850. The van der Waals surface area contributed by atoms with E-state index in [9.17, 15) is 9.59 Å². The maximum absolute atomic E-state index is 13.4. The van der Waals surface area contributed by atoms with Gasteiger partial charge in [0.2, 0.25) is 5.91 Å². The van der Waals surface area contributed by atoms with Gasteiger partial charge in [0.05, 0.1) is 17.7 Å². The van der Waals surface area contributed by atoms with Gasteiger partial charge in [0.25, 0.3) is 0 Å². The van der Waals surface area contributed by atoms with Crippen molar-refractivity contribution in [1.82, 2.24) is 9.55 Å². The van der Waals surface area contributed by atoms with E-state index in [0.717, 1.165) is 51.3 Å². The van der Waals surface area contributed by atoms with Crippen LogP contribution in [0.15, 0.2) is 122 Å². The quantitative estimate of drug-likeness (QED) is 0.157. The van der Waals surface area contributed by atoms with Crippen LogP contribution >= 0.6 is 0 Å². The number of benzene rings is 4. The second-order valence-corrected chi connectivity index (χ2v) is 13.4. The standard InChI is InChI=1S/C42H44N4O3/c1-6-25-45(31(2)47)37-22-23-39-38(28-37)32(24-26-46(39)40(48)49-41(3,4)5)27-36-29-44(30-43-36)42(33-16-10-7-11-17-33,34-18-12-8-13-19-34)35-20-14-9-15-21-35/h7-23,27-30H,6,24-26H2,1-5H3/b32-27+. The number of hydrogen-bond donors (Lipinski definition) is 0. The smallest absolute Gasteiger partial charge is 0.414 e. The van der Waals surface area contributed by atoms with Crippen LogP contribution in [0.4, 0.5) is 16.2 Å². The first-order valence-electron chi connectivity index (χ1n) is 17.0. The molecular weight excluding hydrogens is 608 g/mol. The van der Waals surface area contributed by atoms with Gasteiger partial charge in [-0.05, 0) is 80.2 Å². The summed E-state index contributed by atoms with van der Waals surface area (Å²) in [6.45, 7) is 10.3. The van der Waals surface area contributed by atoms with Crippen molar-refractivity contribution in [1.29, 1.82) is 0 Å². The van der Waals surface area contributed by atoms with Crippen molar-refractivity contribution in [2.24, 2.45) is 0 Å². The molecule has 0 fully saturated rings. The van der Waals surface area contributed by atoms with Crippen LogP contribution in [0, 0.1) is 0 Å². The minimum Gasteiger partial charge on any atom is -0.443 e. The summed E-state index contributed by atoms with van der Waals surface area (Å²) in [5, 5.41) is 0. The molecule has 2 heterocycles. The molecule has 5 aromatic rings. The largest absolute Gasteiger partial charge is 0.443 e. The molecule has 2 amide bonds. The number of carbonyl (C=O) groups is 2. The molecule has 0 bridgehead atoms. The van der Waals surface area contributed by atoms with Crippen LogP contribution in [0.2, 0.25) is 0 Å². The number of fused-ring (bicyclic) bond motifs is 1. The number of nitrogens with zero attached hydrogens (tertiary/aromatic N) is 4. The maximum atomic E-state index is 13.4. The third-order valence-corrected chi connectivity index (χ3v) is 8.86. The third kappa shape index (κ3) is 6.79. The predicted octanol–water partition coefficient (Wildman–Crippen LogP) is 9.17. The number of ether oxygens (including phenoxy) is 1. The van der Waals surface area contributed by atoms with E-state index < -0.39 is 11.1 Å². The molecule has 250 valence electrons. The van der Waals surface area contributed by atoms with E-state index >= 15 is 0 Å². The van der Waals surface area contributed by atoms with Gasteiger partial charge in [-0.1, -0.05) is 97.9 Å². The highest BCUT2D eigenvalue weighted by Crippen LogP contribution is 2.42. The van der Waals surface area contributed by atoms with Gasteiger partial charge in [0.15, 0.2) is 0 Å². The van der Waals surface area contributed by atoms with E-state index in [-0.39, 0.29) is 12.0 Å². The molecule has 0 aliphatic carbocycles. The summed E-state index contributed by atoms with van der Waals surface area (Å²) in [7, 11) is 0. The molecule has 0 atom stereocenters. The summed E-state index contributed by atoms with van der Waals surface area (Å²) in [4.78, 5) is 34.5. The van der Waals surface area contributed by atoms with Gasteiger partial charge in [-0.15, -0.1) is 0 Å². The number of imidazole rings is 1. The number of carbonyl (C=O) groups excluding carboxylic acids is 2. The van der Waals surface area contributed by atoms with Crippen LogP contribution in [0.3, 0.4) is 0 Å². The molecule has 4 aromatic carbocycles. The van der Waals surface area contributed by atoms with Crippen molar-refractivity contribution >= 4 is 35.0 Å². The minimum atomic E-state index is -0.680. The molecule has 1 aliphatic rings. The lowest BCUT2D eigenvalue weighted by Crippen LogP contribution is -2.39. The monoisotopic (exact) mass is 652 g/mol. The first-order valence-corrected chi connectivity index (χ1v) is 17.0. The highest BCUT2D eigenvalue weighted by Gasteiger charge is 2.38. The minimum absolute atomic E-state index is 0.0232. The fourth-order valence-corrected chi connectivity index (χ4v) is 6.78. The Morgan fingerprint density at radius 3 is 1.94 bits per heavy atom. The van der Waals surface area contributed by atoms with Crippen LogP contribution in [-0.4, -0.2) is 40.2 Å². The number of anilines is 2. The third-order valence-electron chi connectivity index (χ3n) is 8.86. The van der Waals surface area contributed by atoms with Crippen LogP contribution in [0.1, 0.15) is 75.4 Å². The number of amides is 2. The van der Waals surface area contributed by atoms with Crippen molar-refractivity contribution in [2.75, 3.05) is 22.9 Å². The molecular formula is C42H44N4O3. The van der Waals surface area contributed by atoms with Gasteiger partial charge in [-0.2, -0.15) is 0 Å². The lowest BCUT2D eigenvalue weighted by Gasteiger charge is -2.37. The number of aromatic nitrogens is 2. The molecule has 49 heavy (non-hydrogen) atoms. The van der Waals surface area contributed by atoms with Gasteiger partial charge < -0.3 is 14.2 Å². The molecule has 0 unspecified atom stereocenters. The Labute approximate surface area is 289 Å². The summed E-state index contributed by atoms with van der Waals surface area (Å²) >= 11 is 0. The zero-order valence-corrected chi connectivity index (χ0v) is 29.0. The number of rotatable bonds is 8. The van der Waals surface area contributed by atoms with Gasteiger partial charge >= 0.3 is 6.09 Å². The Morgan fingerprint density at radius 2 is 1.43 bits per heavy atom. The fourth-order valence-electron chi connectivity index (χ4n) is 6.78. The predicted molar refractivity (Wildman–Crippen MR) is 198 cm³/mol. The zero-order valence-electron chi connectivity index (χ0n) is 29.0. The Kier molecular flexibility index (Phi) is 9.54. The van der Waals surface area contributed by atoms with Gasteiger partial charge in [0, 0.05) is 37.5 Å². The summed E-state index contributed by atoms with van der Waals surface area (Å²) in [6, 6.07) is 37.4. The summed E-state index contributed by atoms with van der Waals surface area (Å²) in [6.07, 6.45) is 7.15. The molecule has 0 N–H and O–H groups in total. The molecule has 0 saturated carbocycles. The van der Waals surface area contributed by atoms with E-state index in [4.69, 9.17) is 9.72 Å². The van der Waals surface area contributed by atoms with Crippen molar-refractivity contribution < 1.29 is 14.3 Å². The first kappa shape index (κ1) is 33.5. The second kappa shape index (κ2) is 14.0. The van der Waals surface area contributed by atoms with Crippen molar-refractivity contribution in [3.63, 3.8) is 0 Å². The maximum Gasteiger partial charge on any atom is 0.414 e. The van der Waals surface area contributed by atoms with E-state index in [1.54, 1.807) is 16.7 Å². The van der Waals surface area contributed by atoms with Gasteiger partial charge in [-0.3, -0.25) is 9.69 Å². The van der Waals surface area contributed by atoms with E-state index in [1.807, 2.05) is 63.5 Å². The summed E-state index contributed by atoms with van der Waals surface area (Å²) in [5.74, 6) is -0.0232. The van der Waals surface area contributed by atoms with Crippen molar-refractivity contribution in [3.8, 4) is 0 Å². The normalized spacial score (nSPS) is 14.0. The topological polar surface area (TPSA) is 67.7 Å². The van der Waals surface area contributed by atoms with Crippen LogP contribution in [-0.2, 0) is 15.1 Å². The SMILES string of the molecule is CCCN(C(C)=O)c1ccc2c(c1)/C(=C/c1cn(C(c3ccccc3)(c3ccccc3)c3ccccc3)cn1)CCN2C(=O)OC(C)(C)C. The summed E-state index contributed by atoms with van der Waals surface area (Å²) in [5.41, 5.74) is 6.30. The average Bonchev–Trinajstić information content (AvgIpc) is 3.56. The van der Waals surface area contributed by atoms with E-state index in [0.29, 0.717) is 19.5 Å². The van der Waals surface area contributed by atoms with Gasteiger partial charge in [0.1, 0.15) is 11.1 Å². The number of hydrogen-bond acceptors (Lipinski definition) is 4. The van der Waals surface area contributed by atoms with Crippen LogP contribution in [0.5, 0.6) is 0 Å². The molecule has 0 saturated heterocycles. The highest BCUT2D eigenvalue weighted by atomic mass is 16.6. The zero-order chi connectivity index (χ0) is 34.6. The molecule has 1 aromatic heterocycles. The second-order valence-electron chi connectivity index (χ2n) is 13.4. The molecule has 0 radical (unpaired) electrons. The lowest BCUT2D eigenvalue weighted by molar-refractivity contribution is -0.116. The van der Waals surface area contributed by atoms with Gasteiger partial charge in [-0.25, -0.2) is 9.78 Å². The summed E-state index contributed by atoms with van der Waals surface area (Å²) < 4.78 is 8.00. The van der Waals surface area contributed by atoms with Crippen molar-refractivity contribution in [2.45, 2.75) is 58.6 Å². The fraction of sp³-hybridized carbons (Fsp3) is 0.262. The van der Waals surface area contributed by atoms with Crippen LogP contribution < -0.4 is 9.80 Å². The van der Waals surface area contributed by atoms with Crippen LogP contribution in [0.25, 0.3) is 11.6 Å². The molecule has 6 rings (SSSR count). The van der Waals surface area contributed by atoms with E-state index in [2.05, 4.69) is 96.6 Å². The molecule has 7 nitrogen and oxygen atoms in total. The molecule has 7 heteroatoms. The first-order chi connectivity index (χ1) is 23.6. The lowest BCUT2D eigenvalue weighted by atomic mass is 9.77. The average molecular weight is 653 g/mol. The van der Waals surface area contributed by atoms with Crippen molar-refractivity contribution in [3.05, 3.63) is 150 Å². The highest BCUT2D eigenvalue weighted by molar-refractivity contribution is 6.00. The Morgan fingerprint density at radius 1 is 0.857 bits per heavy atom. The Hall–Kier alpha value is -5.43. The van der Waals surface area contributed by atoms with E-state index in [1.165, 1.54) is 0 Å².